The molecular formula is C27H35N5. The second-order valence-electron chi connectivity index (χ2n) is 9.36. The predicted octanol–water partition coefficient (Wildman–Crippen LogP) is 5.47. The number of aliphatic imine (C=N–C) groups is 1. The maximum Gasteiger partial charge on any atom is 0.154 e. The highest BCUT2D eigenvalue weighted by molar-refractivity contribution is 6.01. The minimum atomic E-state index is 0.544. The van der Waals surface area contributed by atoms with Crippen molar-refractivity contribution >= 4 is 23.3 Å². The average Bonchev–Trinajstić information content (AvgIpc) is 3.33. The van der Waals surface area contributed by atoms with Crippen LogP contribution in [0.4, 0.5) is 11.5 Å². The van der Waals surface area contributed by atoms with Crippen molar-refractivity contribution in [3.8, 4) is 0 Å². The molecule has 5 rings (SSSR count). The minimum absolute atomic E-state index is 0.544. The van der Waals surface area contributed by atoms with Gasteiger partial charge in [0.05, 0.1) is 17.6 Å². The zero-order chi connectivity index (χ0) is 21.9. The normalized spacial score (nSPS) is 21.5. The number of aromatic nitrogens is 1. The highest BCUT2D eigenvalue weighted by Gasteiger charge is 2.29. The fraction of sp³-hybridized carbons (Fsp3) is 0.444. The van der Waals surface area contributed by atoms with E-state index >= 15 is 0 Å². The molecule has 3 heterocycles. The lowest BCUT2D eigenvalue weighted by Gasteiger charge is -2.36. The molecule has 0 radical (unpaired) electrons. The number of nitrogens with zero attached hydrogens (tertiary/aromatic N) is 3. The number of rotatable bonds is 5. The van der Waals surface area contributed by atoms with Crippen molar-refractivity contribution in [1.29, 1.82) is 0 Å². The predicted molar refractivity (Wildman–Crippen MR) is 134 cm³/mol. The Kier molecular flexibility index (Phi) is 6.28. The molecule has 2 N–H and O–H groups in total. The molecule has 1 aliphatic carbocycles. The van der Waals surface area contributed by atoms with Crippen molar-refractivity contribution in [3.05, 3.63) is 65.6 Å². The van der Waals surface area contributed by atoms with Gasteiger partial charge in [0.2, 0.25) is 0 Å². The fourth-order valence-electron chi connectivity index (χ4n) is 5.28. The van der Waals surface area contributed by atoms with E-state index in [2.05, 4.69) is 63.9 Å². The van der Waals surface area contributed by atoms with Crippen LogP contribution >= 0.6 is 0 Å². The zero-order valence-electron chi connectivity index (χ0n) is 19.2. The minimum Gasteiger partial charge on any atom is -0.345 e. The van der Waals surface area contributed by atoms with E-state index in [1.165, 1.54) is 54.5 Å². The molecule has 1 aromatic heterocycles. The van der Waals surface area contributed by atoms with Crippen molar-refractivity contribution in [2.45, 2.75) is 45.6 Å². The van der Waals surface area contributed by atoms with Crippen LogP contribution < -0.4 is 10.2 Å². The summed E-state index contributed by atoms with van der Waals surface area (Å²) >= 11 is 0. The summed E-state index contributed by atoms with van der Waals surface area (Å²) in [6.07, 6.45) is 10.4. The number of allylic oxidation sites excluding steroid dienone is 3. The number of H-pyrrole nitrogens is 1. The highest BCUT2D eigenvalue weighted by atomic mass is 15.2. The first-order chi connectivity index (χ1) is 15.7. The molecule has 0 unspecified atom stereocenters. The maximum absolute atomic E-state index is 4.72. The lowest BCUT2D eigenvalue weighted by atomic mass is 9.86. The van der Waals surface area contributed by atoms with E-state index < -0.39 is 0 Å². The number of fused-ring (bicyclic) bond motifs is 1. The Morgan fingerprint density at radius 3 is 2.56 bits per heavy atom. The van der Waals surface area contributed by atoms with E-state index in [4.69, 9.17) is 4.99 Å². The van der Waals surface area contributed by atoms with Crippen LogP contribution in [-0.2, 0) is 6.54 Å². The average molecular weight is 430 g/mol. The third kappa shape index (κ3) is 4.32. The van der Waals surface area contributed by atoms with Crippen LogP contribution in [0.25, 0.3) is 5.57 Å². The van der Waals surface area contributed by atoms with Crippen molar-refractivity contribution in [2.75, 3.05) is 31.1 Å². The number of piperazine rings is 1. The summed E-state index contributed by atoms with van der Waals surface area (Å²) in [7, 11) is 0. The van der Waals surface area contributed by atoms with Crippen molar-refractivity contribution in [2.24, 2.45) is 10.9 Å². The van der Waals surface area contributed by atoms with E-state index in [1.54, 1.807) is 0 Å². The first kappa shape index (κ1) is 21.2. The molecule has 2 fully saturated rings. The van der Waals surface area contributed by atoms with Gasteiger partial charge in [-0.05, 0) is 48.4 Å². The smallest absolute Gasteiger partial charge is 0.154 e. The second-order valence-corrected chi connectivity index (χ2v) is 9.36. The van der Waals surface area contributed by atoms with E-state index in [0.717, 1.165) is 49.9 Å². The molecule has 5 heteroatoms. The molecule has 0 bridgehead atoms. The molecule has 1 saturated heterocycles. The van der Waals surface area contributed by atoms with Crippen LogP contribution in [-0.4, -0.2) is 42.3 Å². The summed E-state index contributed by atoms with van der Waals surface area (Å²) in [5.74, 6) is 1.46. The van der Waals surface area contributed by atoms with Gasteiger partial charge in [-0.1, -0.05) is 50.1 Å². The highest BCUT2D eigenvalue weighted by Crippen LogP contribution is 2.42. The van der Waals surface area contributed by atoms with Gasteiger partial charge in [-0.15, -0.1) is 0 Å². The Labute approximate surface area is 191 Å². The summed E-state index contributed by atoms with van der Waals surface area (Å²) < 4.78 is 0. The van der Waals surface area contributed by atoms with Crippen LogP contribution in [0.3, 0.4) is 0 Å². The van der Waals surface area contributed by atoms with Gasteiger partial charge in [0.1, 0.15) is 0 Å². The lowest BCUT2D eigenvalue weighted by Crippen LogP contribution is -2.42. The topological polar surface area (TPSA) is 46.7 Å². The van der Waals surface area contributed by atoms with Crippen LogP contribution in [0.5, 0.6) is 0 Å². The van der Waals surface area contributed by atoms with Crippen LogP contribution in [0.15, 0.2) is 59.5 Å². The molecule has 0 atom stereocenters. The first-order valence-corrected chi connectivity index (χ1v) is 12.1. The Balaban J connectivity index is 1.42. The molecular weight excluding hydrogens is 394 g/mol. The summed E-state index contributed by atoms with van der Waals surface area (Å²) in [5.41, 5.74) is 7.33. The van der Waals surface area contributed by atoms with Crippen LogP contribution in [0.1, 0.15) is 50.2 Å². The Bertz CT molecular complexity index is 1000. The third-order valence-electron chi connectivity index (χ3n) is 7.25. The third-order valence-corrected chi connectivity index (χ3v) is 7.25. The van der Waals surface area contributed by atoms with Crippen molar-refractivity contribution < 1.29 is 0 Å². The van der Waals surface area contributed by atoms with Crippen LogP contribution in [0, 0.1) is 5.92 Å². The molecule has 32 heavy (non-hydrogen) atoms. The number of hydrogen-bond acceptors (Lipinski definition) is 4. The molecule has 1 aromatic carbocycles. The lowest BCUT2D eigenvalue weighted by molar-refractivity contribution is 0.233. The Morgan fingerprint density at radius 2 is 1.81 bits per heavy atom. The number of aromatic amines is 1. The summed E-state index contributed by atoms with van der Waals surface area (Å²) in [6, 6.07) is 11.2. The van der Waals surface area contributed by atoms with Gasteiger partial charge in [0, 0.05) is 44.6 Å². The molecule has 0 spiro atoms. The molecule has 3 aliphatic rings. The zero-order valence-corrected chi connectivity index (χ0v) is 19.2. The first-order valence-electron chi connectivity index (χ1n) is 12.1. The molecule has 168 valence electrons. The van der Waals surface area contributed by atoms with E-state index in [1.807, 2.05) is 12.4 Å². The van der Waals surface area contributed by atoms with Crippen LogP contribution in [0.2, 0.25) is 0 Å². The standard InChI is InChI=1S/C27H35N5/c1-20(23-10-8-22(9-11-23)19-31-16-14-28-15-17-31)26-18-30-27-25(12-13-29-27)32(26)21(2)24-6-4-3-5-7-24/h8-13,18,24,28-29H,2-7,14-17,19H2,1H3/b26-20+. The van der Waals surface area contributed by atoms with E-state index in [0.29, 0.717) is 5.92 Å². The molecule has 5 nitrogen and oxygen atoms in total. The van der Waals surface area contributed by atoms with E-state index in [9.17, 15) is 0 Å². The Morgan fingerprint density at radius 1 is 1.06 bits per heavy atom. The number of hydrogen-bond donors (Lipinski definition) is 2. The van der Waals surface area contributed by atoms with Gasteiger partial charge in [0.15, 0.2) is 5.82 Å². The largest absolute Gasteiger partial charge is 0.345 e. The molecule has 2 aromatic rings. The Hall–Kier alpha value is -2.63. The molecule has 0 amide bonds. The second kappa shape index (κ2) is 9.47. The molecule has 1 saturated carbocycles. The molecule has 2 aliphatic heterocycles. The number of nitrogens with one attached hydrogen (secondary N) is 2. The van der Waals surface area contributed by atoms with Gasteiger partial charge in [-0.3, -0.25) is 4.90 Å². The monoisotopic (exact) mass is 429 g/mol. The van der Waals surface area contributed by atoms with Gasteiger partial charge < -0.3 is 15.2 Å². The quantitative estimate of drug-likeness (QED) is 0.663. The van der Waals surface area contributed by atoms with Crippen molar-refractivity contribution in [1.82, 2.24) is 15.2 Å². The summed E-state index contributed by atoms with van der Waals surface area (Å²) in [5, 5.41) is 3.43. The maximum atomic E-state index is 4.72. The van der Waals surface area contributed by atoms with Gasteiger partial charge >= 0.3 is 0 Å². The fourth-order valence-corrected chi connectivity index (χ4v) is 5.28. The number of benzene rings is 1. The van der Waals surface area contributed by atoms with Gasteiger partial charge in [-0.2, -0.15) is 0 Å². The number of anilines is 1. The summed E-state index contributed by atoms with van der Waals surface area (Å²) in [6.45, 7) is 12.3. The van der Waals surface area contributed by atoms with Gasteiger partial charge in [-0.25, -0.2) is 4.99 Å². The SMILES string of the molecule is C=C(C1CCCCC1)N1/C(=C(\C)c2ccc(CN3CCNCC3)cc2)C=Nc2[nH]ccc21. The van der Waals surface area contributed by atoms with Crippen molar-refractivity contribution in [3.63, 3.8) is 0 Å². The van der Waals surface area contributed by atoms with Gasteiger partial charge in [0.25, 0.3) is 0 Å². The van der Waals surface area contributed by atoms with E-state index in [-0.39, 0.29) is 0 Å². The summed E-state index contributed by atoms with van der Waals surface area (Å²) in [4.78, 5) is 12.9.